The van der Waals surface area contributed by atoms with E-state index in [-0.39, 0.29) is 11.6 Å². The molecule has 0 aliphatic carbocycles. The Morgan fingerprint density at radius 3 is 2.74 bits per heavy atom. The number of anilines is 1. The van der Waals surface area contributed by atoms with Gasteiger partial charge in [-0.25, -0.2) is 0 Å². The summed E-state index contributed by atoms with van der Waals surface area (Å²) in [4.78, 5) is 11.8. The lowest BCUT2D eigenvalue weighted by Crippen LogP contribution is -2.27. The first-order valence-electron chi connectivity index (χ1n) is 5.83. The van der Waals surface area contributed by atoms with Crippen molar-refractivity contribution in [2.45, 2.75) is 6.42 Å². The fourth-order valence-corrected chi connectivity index (χ4v) is 1.50. The van der Waals surface area contributed by atoms with E-state index in [1.165, 1.54) is 0 Å². The number of carbonyl (C=O) groups is 1. The number of amides is 1. The van der Waals surface area contributed by atoms with Gasteiger partial charge in [-0.3, -0.25) is 4.79 Å². The maximum Gasteiger partial charge on any atom is 0.271 e. The Hall–Kier alpha value is -2.51. The first-order valence-corrected chi connectivity index (χ1v) is 5.83. The fourth-order valence-electron chi connectivity index (χ4n) is 1.50. The van der Waals surface area contributed by atoms with Crippen LogP contribution in [0, 0.1) is 0 Å². The summed E-state index contributed by atoms with van der Waals surface area (Å²) >= 11 is 0. The minimum atomic E-state index is -0.252. The molecule has 0 aliphatic heterocycles. The van der Waals surface area contributed by atoms with E-state index in [9.17, 15) is 4.79 Å². The molecule has 8 nitrogen and oxygen atoms in total. The van der Waals surface area contributed by atoms with Crippen LogP contribution >= 0.6 is 0 Å². The van der Waals surface area contributed by atoms with Crippen molar-refractivity contribution in [3.8, 4) is 0 Å². The van der Waals surface area contributed by atoms with Crippen LogP contribution in [0.1, 0.15) is 16.3 Å². The highest BCUT2D eigenvalue weighted by Gasteiger charge is 2.08. The van der Waals surface area contributed by atoms with Crippen molar-refractivity contribution >= 4 is 11.7 Å². The second kappa shape index (κ2) is 5.89. The standard InChI is InChI=1S/C11H15N7O/c1-12-9-4-3-8(15-16-9)11(19)13-6-5-10-17-14-7-18(10)2/h3-4,7H,5-6H2,1-2H3,(H,12,16)(H,13,19). The molecule has 2 heterocycles. The number of aryl methyl sites for hydroxylation is 1. The molecule has 0 radical (unpaired) electrons. The fraction of sp³-hybridized carbons (Fsp3) is 0.364. The molecule has 0 saturated carbocycles. The van der Waals surface area contributed by atoms with Gasteiger partial charge in [0, 0.05) is 27.1 Å². The highest BCUT2D eigenvalue weighted by molar-refractivity contribution is 5.92. The topological polar surface area (TPSA) is 97.6 Å². The van der Waals surface area contributed by atoms with Crippen molar-refractivity contribution in [1.82, 2.24) is 30.3 Å². The number of nitrogens with zero attached hydrogens (tertiary/aromatic N) is 5. The summed E-state index contributed by atoms with van der Waals surface area (Å²) in [5, 5.41) is 21.0. The van der Waals surface area contributed by atoms with Gasteiger partial charge in [0.1, 0.15) is 18.0 Å². The number of hydrogen-bond acceptors (Lipinski definition) is 6. The largest absolute Gasteiger partial charge is 0.372 e. The van der Waals surface area contributed by atoms with Gasteiger partial charge < -0.3 is 15.2 Å². The van der Waals surface area contributed by atoms with E-state index in [1.807, 2.05) is 11.6 Å². The van der Waals surface area contributed by atoms with Crippen molar-refractivity contribution in [2.24, 2.45) is 7.05 Å². The summed E-state index contributed by atoms with van der Waals surface area (Å²) in [5.41, 5.74) is 0.289. The quantitative estimate of drug-likeness (QED) is 0.761. The monoisotopic (exact) mass is 261 g/mol. The van der Waals surface area contributed by atoms with Crippen molar-refractivity contribution in [2.75, 3.05) is 18.9 Å². The second-order valence-corrected chi connectivity index (χ2v) is 3.92. The van der Waals surface area contributed by atoms with Crippen LogP contribution in [0.3, 0.4) is 0 Å². The van der Waals surface area contributed by atoms with Crippen molar-refractivity contribution < 1.29 is 4.79 Å². The van der Waals surface area contributed by atoms with Gasteiger partial charge in [0.05, 0.1) is 0 Å². The molecule has 0 saturated heterocycles. The minimum absolute atomic E-state index is 0.252. The van der Waals surface area contributed by atoms with Crippen molar-refractivity contribution in [3.63, 3.8) is 0 Å². The summed E-state index contributed by atoms with van der Waals surface area (Å²) in [6.45, 7) is 0.473. The van der Waals surface area contributed by atoms with Crippen LogP contribution in [0.15, 0.2) is 18.5 Å². The maximum atomic E-state index is 11.8. The Balaban J connectivity index is 1.85. The molecule has 2 N–H and O–H groups in total. The zero-order valence-electron chi connectivity index (χ0n) is 10.8. The van der Waals surface area contributed by atoms with Crippen LogP contribution in [0.2, 0.25) is 0 Å². The Morgan fingerprint density at radius 2 is 2.16 bits per heavy atom. The third kappa shape index (κ3) is 3.24. The van der Waals surface area contributed by atoms with Crippen LogP contribution in [0.4, 0.5) is 5.82 Å². The van der Waals surface area contributed by atoms with Crippen LogP contribution in [-0.4, -0.2) is 44.5 Å². The van der Waals surface area contributed by atoms with Crippen LogP contribution < -0.4 is 10.6 Å². The van der Waals surface area contributed by atoms with Crippen LogP contribution in [0.5, 0.6) is 0 Å². The lowest BCUT2D eigenvalue weighted by molar-refractivity contribution is 0.0948. The molecular formula is C11H15N7O. The first kappa shape index (κ1) is 12.9. The molecule has 8 heteroatoms. The highest BCUT2D eigenvalue weighted by Crippen LogP contribution is 2.00. The summed E-state index contributed by atoms with van der Waals surface area (Å²) in [5.74, 6) is 1.19. The van der Waals surface area contributed by atoms with Crippen molar-refractivity contribution in [3.05, 3.63) is 30.0 Å². The molecule has 0 unspecified atom stereocenters. The van der Waals surface area contributed by atoms with Gasteiger partial charge in [0.25, 0.3) is 5.91 Å². The molecule has 2 aromatic heterocycles. The average Bonchev–Trinajstić information content (AvgIpc) is 2.84. The molecular weight excluding hydrogens is 246 g/mol. The lowest BCUT2D eigenvalue weighted by atomic mass is 10.3. The molecule has 2 rings (SSSR count). The summed E-state index contributed by atoms with van der Waals surface area (Å²) in [6, 6.07) is 3.32. The van der Waals surface area contributed by atoms with Gasteiger partial charge in [0.15, 0.2) is 5.69 Å². The Morgan fingerprint density at radius 1 is 1.32 bits per heavy atom. The van der Waals surface area contributed by atoms with Gasteiger partial charge in [-0.05, 0) is 12.1 Å². The minimum Gasteiger partial charge on any atom is -0.372 e. The van der Waals surface area contributed by atoms with Crippen LogP contribution in [0.25, 0.3) is 0 Å². The van der Waals surface area contributed by atoms with E-state index in [0.717, 1.165) is 5.82 Å². The predicted molar refractivity (Wildman–Crippen MR) is 68.6 cm³/mol. The molecule has 0 aliphatic rings. The van der Waals surface area contributed by atoms with Gasteiger partial charge in [-0.1, -0.05) is 0 Å². The van der Waals surface area contributed by atoms with Gasteiger partial charge in [-0.2, -0.15) is 0 Å². The number of rotatable bonds is 5. The molecule has 0 atom stereocenters. The zero-order valence-corrected chi connectivity index (χ0v) is 10.8. The van der Waals surface area contributed by atoms with Gasteiger partial charge in [-0.15, -0.1) is 20.4 Å². The van der Waals surface area contributed by atoms with Crippen molar-refractivity contribution in [1.29, 1.82) is 0 Å². The maximum absolute atomic E-state index is 11.8. The third-order valence-electron chi connectivity index (χ3n) is 2.59. The first-order chi connectivity index (χ1) is 9.20. The normalized spacial score (nSPS) is 10.2. The van der Waals surface area contributed by atoms with E-state index >= 15 is 0 Å². The zero-order chi connectivity index (χ0) is 13.7. The van der Waals surface area contributed by atoms with Gasteiger partial charge in [0.2, 0.25) is 0 Å². The lowest BCUT2D eigenvalue weighted by Gasteiger charge is -2.04. The Labute approximate surface area is 110 Å². The summed E-state index contributed by atoms with van der Waals surface area (Å²) < 4.78 is 1.81. The van der Waals surface area contributed by atoms with Crippen LogP contribution in [-0.2, 0) is 13.5 Å². The van der Waals surface area contributed by atoms with Gasteiger partial charge >= 0.3 is 0 Å². The number of nitrogens with one attached hydrogen (secondary N) is 2. The van der Waals surface area contributed by atoms with E-state index in [4.69, 9.17) is 0 Å². The molecule has 0 spiro atoms. The van der Waals surface area contributed by atoms with E-state index in [0.29, 0.717) is 18.8 Å². The molecule has 100 valence electrons. The SMILES string of the molecule is CNc1ccc(C(=O)NCCc2nncn2C)nn1. The molecule has 0 fully saturated rings. The molecule has 2 aromatic rings. The molecule has 19 heavy (non-hydrogen) atoms. The number of carbonyl (C=O) groups excluding carboxylic acids is 1. The Kier molecular flexibility index (Phi) is 4.01. The molecule has 0 aromatic carbocycles. The highest BCUT2D eigenvalue weighted by atomic mass is 16.1. The third-order valence-corrected chi connectivity index (χ3v) is 2.59. The number of aromatic nitrogens is 5. The van der Waals surface area contributed by atoms with E-state index < -0.39 is 0 Å². The molecule has 0 bridgehead atoms. The summed E-state index contributed by atoms with van der Waals surface area (Å²) in [6.07, 6.45) is 2.24. The average molecular weight is 261 g/mol. The second-order valence-electron chi connectivity index (χ2n) is 3.92. The smallest absolute Gasteiger partial charge is 0.271 e. The predicted octanol–water partition coefficient (Wildman–Crippen LogP) is -0.381. The van der Waals surface area contributed by atoms with E-state index in [2.05, 4.69) is 31.0 Å². The summed E-state index contributed by atoms with van der Waals surface area (Å²) in [7, 11) is 3.60. The van der Waals surface area contributed by atoms with E-state index in [1.54, 1.807) is 25.5 Å². The number of hydrogen-bond donors (Lipinski definition) is 2. The Bertz CT molecular complexity index is 548. The molecule has 1 amide bonds.